The smallest absolute Gasteiger partial charge is 0.272 e. The van der Waals surface area contributed by atoms with Gasteiger partial charge in [-0.2, -0.15) is 5.10 Å². The van der Waals surface area contributed by atoms with Crippen LogP contribution in [0.15, 0.2) is 46.0 Å². The molecule has 0 aliphatic carbocycles. The van der Waals surface area contributed by atoms with E-state index in [9.17, 15) is 9.90 Å². The molecule has 0 saturated carbocycles. The van der Waals surface area contributed by atoms with Gasteiger partial charge in [-0.1, -0.05) is 23.7 Å². The Morgan fingerprint density at radius 2 is 2.14 bits per heavy atom. The number of nitrogens with zero attached hydrogens (tertiary/aromatic N) is 1. The molecule has 0 aliphatic rings. The second kappa shape index (κ2) is 7.29. The molecule has 2 aromatic rings. The molecule has 0 radical (unpaired) electrons. The minimum Gasteiger partial charge on any atom is -0.503 e. The first-order valence-electron chi connectivity index (χ1n) is 6.17. The molecule has 5 nitrogen and oxygen atoms in total. The zero-order valence-corrected chi connectivity index (χ0v) is 13.9. The number of methoxy groups -OCH3 is 1. The summed E-state index contributed by atoms with van der Waals surface area (Å²) in [5.74, 6) is -0.259. The summed E-state index contributed by atoms with van der Waals surface area (Å²) in [6.07, 6.45) is 1.41. The average molecular weight is 384 g/mol. The number of carbonyl (C=O) groups is 1. The fourth-order valence-corrected chi connectivity index (χ4v) is 2.38. The largest absolute Gasteiger partial charge is 0.503 e. The van der Waals surface area contributed by atoms with Gasteiger partial charge in [0.25, 0.3) is 5.91 Å². The lowest BCUT2D eigenvalue weighted by molar-refractivity contribution is 0.0954. The quantitative estimate of drug-likeness (QED) is 0.626. The van der Waals surface area contributed by atoms with E-state index in [2.05, 4.69) is 26.5 Å². The van der Waals surface area contributed by atoms with Crippen LogP contribution in [0.3, 0.4) is 0 Å². The summed E-state index contributed by atoms with van der Waals surface area (Å²) in [5, 5.41) is 13.6. The maximum Gasteiger partial charge on any atom is 0.272 e. The van der Waals surface area contributed by atoms with Gasteiger partial charge in [0.2, 0.25) is 0 Å². The summed E-state index contributed by atoms with van der Waals surface area (Å²) in [5.41, 5.74) is 3.46. The van der Waals surface area contributed by atoms with Crippen molar-refractivity contribution < 1.29 is 14.6 Å². The molecule has 22 heavy (non-hydrogen) atoms. The Kier molecular flexibility index (Phi) is 5.41. The van der Waals surface area contributed by atoms with Crippen LogP contribution in [0.4, 0.5) is 0 Å². The lowest BCUT2D eigenvalue weighted by Gasteiger charge is -2.06. The molecule has 0 aromatic heterocycles. The van der Waals surface area contributed by atoms with Gasteiger partial charge in [-0.25, -0.2) is 5.43 Å². The van der Waals surface area contributed by atoms with Crippen molar-refractivity contribution in [2.24, 2.45) is 5.10 Å². The monoisotopic (exact) mass is 382 g/mol. The highest BCUT2D eigenvalue weighted by atomic mass is 79.9. The Bertz CT molecular complexity index is 735. The summed E-state index contributed by atoms with van der Waals surface area (Å²) in [7, 11) is 1.42. The normalized spacial score (nSPS) is 10.7. The minimum absolute atomic E-state index is 0.137. The highest BCUT2D eigenvalue weighted by molar-refractivity contribution is 9.10. The average Bonchev–Trinajstić information content (AvgIpc) is 2.50. The van der Waals surface area contributed by atoms with Crippen molar-refractivity contribution in [3.8, 4) is 11.5 Å². The van der Waals surface area contributed by atoms with Gasteiger partial charge in [0, 0.05) is 4.47 Å². The molecule has 114 valence electrons. The first-order valence-corrected chi connectivity index (χ1v) is 7.34. The van der Waals surface area contributed by atoms with Crippen LogP contribution in [0.5, 0.6) is 11.5 Å². The van der Waals surface area contributed by atoms with Crippen molar-refractivity contribution in [1.29, 1.82) is 0 Å². The number of aromatic hydroxyl groups is 1. The van der Waals surface area contributed by atoms with E-state index in [0.717, 1.165) is 0 Å². The number of carbonyl (C=O) groups excluding carboxylic acids is 1. The molecule has 0 heterocycles. The molecule has 2 rings (SSSR count). The van der Waals surface area contributed by atoms with Crippen LogP contribution in [0.2, 0.25) is 5.02 Å². The van der Waals surface area contributed by atoms with Gasteiger partial charge < -0.3 is 9.84 Å². The predicted molar refractivity (Wildman–Crippen MR) is 88.9 cm³/mol. The third-order valence-corrected chi connectivity index (χ3v) is 3.75. The number of hydrogen-bond acceptors (Lipinski definition) is 4. The van der Waals surface area contributed by atoms with E-state index in [-0.39, 0.29) is 22.4 Å². The van der Waals surface area contributed by atoms with Gasteiger partial charge in [-0.05, 0) is 45.8 Å². The molecule has 0 fully saturated rings. The maximum absolute atomic E-state index is 12.0. The number of phenols is 1. The molecule has 0 spiro atoms. The number of hydrogen-bond donors (Lipinski definition) is 2. The molecule has 2 aromatic carbocycles. The van der Waals surface area contributed by atoms with Crippen molar-refractivity contribution in [2.45, 2.75) is 0 Å². The van der Waals surface area contributed by atoms with E-state index >= 15 is 0 Å². The van der Waals surface area contributed by atoms with E-state index < -0.39 is 0 Å². The van der Waals surface area contributed by atoms with Crippen LogP contribution in [0, 0.1) is 0 Å². The number of rotatable bonds is 4. The van der Waals surface area contributed by atoms with Gasteiger partial charge in [0.15, 0.2) is 11.5 Å². The highest BCUT2D eigenvalue weighted by Gasteiger charge is 2.09. The molecule has 7 heteroatoms. The first kappa shape index (κ1) is 16.3. The number of nitrogens with one attached hydrogen (secondary N) is 1. The van der Waals surface area contributed by atoms with Gasteiger partial charge in [0.05, 0.1) is 23.9 Å². The lowest BCUT2D eigenvalue weighted by Crippen LogP contribution is -2.18. The van der Waals surface area contributed by atoms with Gasteiger partial charge >= 0.3 is 0 Å². The van der Waals surface area contributed by atoms with Crippen molar-refractivity contribution in [1.82, 2.24) is 5.43 Å². The van der Waals surface area contributed by atoms with Crippen LogP contribution in [0.25, 0.3) is 0 Å². The molecular formula is C15H12BrClN2O3. The molecule has 0 bridgehead atoms. The third-order valence-electron chi connectivity index (χ3n) is 2.77. The Balaban J connectivity index is 2.12. The summed E-state index contributed by atoms with van der Waals surface area (Å²) in [6, 6.07) is 10.1. The molecule has 0 saturated heterocycles. The number of benzene rings is 2. The summed E-state index contributed by atoms with van der Waals surface area (Å²) in [6.45, 7) is 0. The van der Waals surface area contributed by atoms with Crippen molar-refractivity contribution >= 4 is 39.7 Å². The van der Waals surface area contributed by atoms with E-state index in [1.807, 2.05) is 6.07 Å². The zero-order chi connectivity index (χ0) is 16.1. The minimum atomic E-state index is -0.347. The van der Waals surface area contributed by atoms with Crippen LogP contribution < -0.4 is 10.2 Å². The molecule has 0 atom stereocenters. The van der Waals surface area contributed by atoms with Gasteiger partial charge in [-0.15, -0.1) is 0 Å². The Morgan fingerprint density at radius 1 is 1.41 bits per heavy atom. The van der Waals surface area contributed by atoms with Gasteiger partial charge in [-0.3, -0.25) is 4.79 Å². The van der Waals surface area contributed by atoms with Crippen LogP contribution in [0.1, 0.15) is 15.9 Å². The third kappa shape index (κ3) is 3.78. The number of ether oxygens (including phenoxy) is 1. The van der Waals surface area contributed by atoms with Crippen LogP contribution in [-0.4, -0.2) is 24.3 Å². The Labute approximate surface area is 140 Å². The highest BCUT2D eigenvalue weighted by Crippen LogP contribution is 2.34. The fourth-order valence-electron chi connectivity index (χ4n) is 1.69. The van der Waals surface area contributed by atoms with Gasteiger partial charge in [0.1, 0.15) is 0 Å². The SMILES string of the molecule is COc1cc(C=NNC(=O)c2ccccc2Br)cc(Cl)c1O. The van der Waals surface area contributed by atoms with Crippen LogP contribution in [-0.2, 0) is 0 Å². The first-order chi connectivity index (χ1) is 10.5. The van der Waals surface area contributed by atoms with Crippen molar-refractivity contribution in [3.05, 3.63) is 57.0 Å². The number of halogens is 2. The summed E-state index contributed by atoms with van der Waals surface area (Å²) in [4.78, 5) is 12.0. The molecule has 0 aliphatic heterocycles. The Morgan fingerprint density at radius 3 is 2.82 bits per heavy atom. The topological polar surface area (TPSA) is 70.9 Å². The summed E-state index contributed by atoms with van der Waals surface area (Å²) >= 11 is 9.17. The number of hydrazone groups is 1. The second-order valence-corrected chi connectivity index (χ2v) is 5.49. The van der Waals surface area contributed by atoms with E-state index in [1.54, 1.807) is 24.3 Å². The van der Waals surface area contributed by atoms with E-state index in [4.69, 9.17) is 16.3 Å². The Hall–Kier alpha value is -2.05. The summed E-state index contributed by atoms with van der Waals surface area (Å²) < 4.78 is 5.67. The molecule has 2 N–H and O–H groups in total. The number of amides is 1. The zero-order valence-electron chi connectivity index (χ0n) is 11.5. The predicted octanol–water partition coefficient (Wildman–Crippen LogP) is 3.58. The second-order valence-electron chi connectivity index (χ2n) is 4.23. The number of phenolic OH excluding ortho intramolecular Hbond substituents is 1. The standard InChI is InChI=1S/C15H12BrClN2O3/c1-22-13-7-9(6-12(17)14(13)20)8-18-19-15(21)10-4-2-3-5-11(10)16/h2-8,20H,1H3,(H,19,21). The van der Waals surface area contributed by atoms with E-state index in [1.165, 1.54) is 19.4 Å². The van der Waals surface area contributed by atoms with Crippen LogP contribution >= 0.6 is 27.5 Å². The maximum atomic E-state index is 12.0. The lowest BCUT2D eigenvalue weighted by atomic mass is 10.2. The van der Waals surface area contributed by atoms with Crippen molar-refractivity contribution in [2.75, 3.05) is 7.11 Å². The fraction of sp³-hybridized carbons (Fsp3) is 0.0667. The molecule has 0 unspecified atom stereocenters. The van der Waals surface area contributed by atoms with Crippen molar-refractivity contribution in [3.63, 3.8) is 0 Å². The molecule has 1 amide bonds. The molecular weight excluding hydrogens is 372 g/mol. The van der Waals surface area contributed by atoms with E-state index in [0.29, 0.717) is 15.6 Å².